The largest absolute Gasteiger partial charge is 0.439 e. The van der Waals surface area contributed by atoms with E-state index in [0.29, 0.717) is 40.9 Å². The van der Waals surface area contributed by atoms with Gasteiger partial charge >= 0.3 is 0 Å². The summed E-state index contributed by atoms with van der Waals surface area (Å²) < 4.78 is 7.37. The van der Waals surface area contributed by atoms with Gasteiger partial charge in [0.05, 0.1) is 23.6 Å². The summed E-state index contributed by atoms with van der Waals surface area (Å²) in [5.74, 6) is 0.578. The second kappa shape index (κ2) is 9.26. The molecule has 0 radical (unpaired) electrons. The van der Waals surface area contributed by atoms with Crippen LogP contribution in [0.3, 0.4) is 0 Å². The van der Waals surface area contributed by atoms with Crippen molar-refractivity contribution in [3.63, 3.8) is 0 Å². The summed E-state index contributed by atoms with van der Waals surface area (Å²) in [5, 5.41) is 17.4. The van der Waals surface area contributed by atoms with Gasteiger partial charge in [0.2, 0.25) is 5.88 Å². The van der Waals surface area contributed by atoms with E-state index in [0.717, 1.165) is 12.8 Å². The molecule has 1 aliphatic rings. The first-order valence-corrected chi connectivity index (χ1v) is 10.5. The van der Waals surface area contributed by atoms with Gasteiger partial charge in [-0.05, 0) is 43.2 Å². The zero-order chi connectivity index (χ0) is 22.7. The normalized spacial score (nSPS) is 18.1. The number of aromatic nitrogens is 3. The molecular formula is C22H22ClN7O2. The van der Waals surface area contributed by atoms with Gasteiger partial charge in [-0.15, -0.1) is 0 Å². The Morgan fingerprint density at radius 2 is 2.06 bits per heavy atom. The van der Waals surface area contributed by atoms with Gasteiger partial charge in [0, 0.05) is 30.4 Å². The maximum absolute atomic E-state index is 12.2. The van der Waals surface area contributed by atoms with E-state index in [4.69, 9.17) is 33.1 Å². The number of primary amides is 1. The first kappa shape index (κ1) is 21.6. The molecule has 0 aliphatic carbocycles. The molecule has 5 N–H and O–H groups in total. The molecule has 1 aromatic carbocycles. The molecule has 0 saturated carbocycles. The van der Waals surface area contributed by atoms with Crippen molar-refractivity contribution in [2.75, 3.05) is 12.3 Å². The van der Waals surface area contributed by atoms with E-state index < -0.39 is 5.91 Å². The Bertz CT molecular complexity index is 1140. The van der Waals surface area contributed by atoms with Crippen molar-refractivity contribution in [3.05, 3.63) is 53.2 Å². The molecule has 32 heavy (non-hydrogen) atoms. The number of ether oxygens (including phenoxy) is 1. The van der Waals surface area contributed by atoms with Crippen molar-refractivity contribution < 1.29 is 9.53 Å². The summed E-state index contributed by atoms with van der Waals surface area (Å²) in [7, 11) is 0. The monoisotopic (exact) mass is 451 g/mol. The van der Waals surface area contributed by atoms with E-state index in [1.807, 2.05) is 0 Å². The highest BCUT2D eigenvalue weighted by atomic mass is 35.5. The van der Waals surface area contributed by atoms with Gasteiger partial charge in [0.25, 0.3) is 5.91 Å². The van der Waals surface area contributed by atoms with Crippen molar-refractivity contribution in [2.24, 2.45) is 5.73 Å². The first-order chi connectivity index (χ1) is 15.5. The van der Waals surface area contributed by atoms with E-state index >= 15 is 0 Å². The number of pyridine rings is 1. The predicted octanol–water partition coefficient (Wildman–Crippen LogP) is 3.28. The molecule has 164 valence electrons. The lowest BCUT2D eigenvalue weighted by atomic mass is 9.99. The Labute approximate surface area is 189 Å². The molecule has 1 aliphatic heterocycles. The fourth-order valence-corrected chi connectivity index (χ4v) is 3.90. The average Bonchev–Trinajstić information content (AvgIpc) is 3.14. The van der Waals surface area contributed by atoms with E-state index in [9.17, 15) is 4.79 Å². The Morgan fingerprint density at radius 1 is 1.28 bits per heavy atom. The van der Waals surface area contributed by atoms with Gasteiger partial charge in [-0.25, -0.2) is 9.67 Å². The van der Waals surface area contributed by atoms with Crippen LogP contribution in [0.25, 0.3) is 11.3 Å². The Hall–Kier alpha value is -3.61. The van der Waals surface area contributed by atoms with Crippen LogP contribution in [-0.4, -0.2) is 33.3 Å². The third-order valence-corrected chi connectivity index (χ3v) is 5.64. The van der Waals surface area contributed by atoms with Gasteiger partial charge < -0.3 is 21.5 Å². The van der Waals surface area contributed by atoms with Gasteiger partial charge in [-0.2, -0.15) is 10.4 Å². The fourth-order valence-electron chi connectivity index (χ4n) is 3.79. The van der Waals surface area contributed by atoms with Crippen LogP contribution in [0.4, 0.5) is 5.82 Å². The minimum absolute atomic E-state index is 0.0321. The third kappa shape index (κ3) is 4.51. The number of amides is 1. The third-order valence-electron chi connectivity index (χ3n) is 5.42. The molecule has 0 spiro atoms. The molecule has 9 nitrogen and oxygen atoms in total. The number of anilines is 1. The maximum Gasteiger partial charge on any atom is 0.254 e. The Balaban J connectivity index is 1.58. The van der Waals surface area contributed by atoms with Crippen LogP contribution in [0.2, 0.25) is 5.02 Å². The topological polar surface area (TPSA) is 145 Å². The van der Waals surface area contributed by atoms with Gasteiger partial charge in [0.15, 0.2) is 0 Å². The number of nitrogens with one attached hydrogen (secondary N) is 1. The number of rotatable bonds is 6. The smallest absolute Gasteiger partial charge is 0.254 e. The Kier molecular flexibility index (Phi) is 6.25. The molecule has 3 aromatic rings. The van der Waals surface area contributed by atoms with Crippen LogP contribution < -0.4 is 21.5 Å². The minimum atomic E-state index is -0.638. The molecule has 4 rings (SSSR count). The van der Waals surface area contributed by atoms with Crippen molar-refractivity contribution in [1.29, 1.82) is 5.26 Å². The number of hydrogen-bond acceptors (Lipinski definition) is 7. The summed E-state index contributed by atoms with van der Waals surface area (Å²) >= 11 is 5.84. The zero-order valence-electron chi connectivity index (χ0n) is 17.2. The molecule has 1 amide bonds. The lowest BCUT2D eigenvalue weighted by Gasteiger charge is -2.29. The minimum Gasteiger partial charge on any atom is -0.439 e. The second-order valence-corrected chi connectivity index (χ2v) is 7.99. The second-order valence-electron chi connectivity index (χ2n) is 7.56. The van der Waals surface area contributed by atoms with Crippen LogP contribution in [-0.2, 0) is 0 Å². The molecule has 1 fully saturated rings. The molecule has 3 heterocycles. The average molecular weight is 452 g/mol. The number of benzene rings is 1. The summed E-state index contributed by atoms with van der Waals surface area (Å²) in [4.78, 5) is 16.3. The highest BCUT2D eigenvalue weighted by Crippen LogP contribution is 2.33. The van der Waals surface area contributed by atoms with E-state index in [1.165, 1.54) is 6.20 Å². The molecule has 1 saturated heterocycles. The number of hydrogen-bond donors (Lipinski definition) is 3. The summed E-state index contributed by atoms with van der Waals surface area (Å²) in [6.07, 6.45) is 3.58. The Morgan fingerprint density at radius 3 is 2.66 bits per heavy atom. The predicted molar refractivity (Wildman–Crippen MR) is 120 cm³/mol. The summed E-state index contributed by atoms with van der Waals surface area (Å²) in [6, 6.07) is 12.7. The van der Waals surface area contributed by atoms with Crippen LogP contribution in [0.5, 0.6) is 11.6 Å². The number of piperidine rings is 1. The SMILES string of the molecule is N#CC[C@@H]1CC[C@H](n2nc(-c3ccc(Oc4ccc(Cl)cn4)cc3)c(C(N)=O)c2N)CN1. The summed E-state index contributed by atoms with van der Waals surface area (Å²) in [5.41, 5.74) is 13.2. The lowest BCUT2D eigenvalue weighted by molar-refractivity contribution is 0.100. The number of carbonyl (C=O) groups is 1. The van der Waals surface area contributed by atoms with Crippen LogP contribution >= 0.6 is 11.6 Å². The molecule has 2 atom stereocenters. The van der Waals surface area contributed by atoms with Crippen molar-refractivity contribution in [2.45, 2.75) is 31.3 Å². The summed E-state index contributed by atoms with van der Waals surface area (Å²) in [6.45, 7) is 0.608. The highest BCUT2D eigenvalue weighted by molar-refractivity contribution is 6.30. The van der Waals surface area contributed by atoms with Gasteiger partial charge in [0.1, 0.15) is 22.8 Å². The van der Waals surface area contributed by atoms with Crippen molar-refractivity contribution in [3.8, 4) is 29.0 Å². The van der Waals surface area contributed by atoms with E-state index in [2.05, 4.69) is 21.5 Å². The number of halogens is 1. The van der Waals surface area contributed by atoms with Gasteiger partial charge in [-0.3, -0.25) is 4.79 Å². The van der Waals surface area contributed by atoms with Crippen LogP contribution in [0.15, 0.2) is 42.6 Å². The fraction of sp³-hybridized carbons (Fsp3) is 0.273. The maximum atomic E-state index is 12.2. The number of nitriles is 1. The van der Waals surface area contributed by atoms with Crippen molar-refractivity contribution >= 4 is 23.3 Å². The van der Waals surface area contributed by atoms with Gasteiger partial charge in [-0.1, -0.05) is 11.6 Å². The number of nitrogens with zero attached hydrogens (tertiary/aromatic N) is 4. The molecular weight excluding hydrogens is 430 g/mol. The van der Waals surface area contributed by atoms with E-state index in [1.54, 1.807) is 41.1 Å². The highest BCUT2D eigenvalue weighted by Gasteiger charge is 2.28. The van der Waals surface area contributed by atoms with E-state index in [-0.39, 0.29) is 23.5 Å². The number of nitrogens with two attached hydrogens (primary N) is 2. The zero-order valence-corrected chi connectivity index (χ0v) is 17.9. The molecule has 2 aromatic heterocycles. The standard InChI is InChI=1S/C22H22ClN7O2/c23-14-3-8-18(28-11-14)32-17-6-1-13(2-7-17)20-19(22(26)31)21(25)30(29-20)16-5-4-15(9-10-24)27-12-16/h1-3,6-8,11,15-16,27H,4-5,9,12,25H2,(H2,26,31)/t15-,16-/m0/s1. The molecule has 0 bridgehead atoms. The molecule has 10 heteroatoms. The molecule has 0 unspecified atom stereocenters. The van der Waals surface area contributed by atoms with Crippen LogP contribution in [0, 0.1) is 11.3 Å². The quantitative estimate of drug-likeness (QED) is 0.521. The number of nitrogen functional groups attached to an aromatic ring is 1. The number of carbonyl (C=O) groups excluding carboxylic acids is 1. The lowest BCUT2D eigenvalue weighted by Crippen LogP contribution is -2.40. The first-order valence-electron chi connectivity index (χ1n) is 10.1. The van der Waals surface area contributed by atoms with Crippen molar-refractivity contribution in [1.82, 2.24) is 20.1 Å². The van der Waals surface area contributed by atoms with Crippen LogP contribution in [0.1, 0.15) is 35.7 Å².